The summed E-state index contributed by atoms with van der Waals surface area (Å²) >= 11 is 0. The predicted octanol–water partition coefficient (Wildman–Crippen LogP) is 3.00. The maximum atomic E-state index is 12.3. The number of aromatic nitrogens is 1. The van der Waals surface area contributed by atoms with E-state index in [1.165, 1.54) is 0 Å². The van der Waals surface area contributed by atoms with E-state index in [4.69, 9.17) is 4.74 Å². The normalized spacial score (nSPS) is 15.2. The van der Waals surface area contributed by atoms with E-state index in [0.717, 1.165) is 10.9 Å². The van der Waals surface area contributed by atoms with Crippen molar-refractivity contribution in [2.24, 2.45) is 11.3 Å². The number of fused-ring (bicyclic) bond motifs is 1. The zero-order valence-electron chi connectivity index (χ0n) is 17.1. The number of ether oxygens (including phenoxy) is 1. The lowest BCUT2D eigenvalue weighted by Gasteiger charge is -2.34. The van der Waals surface area contributed by atoms with Crippen LogP contribution in [0.1, 0.15) is 33.6 Å². The Morgan fingerprint density at radius 2 is 1.86 bits per heavy atom. The van der Waals surface area contributed by atoms with Crippen LogP contribution in [0.4, 0.5) is 5.69 Å². The van der Waals surface area contributed by atoms with E-state index in [2.05, 4.69) is 10.3 Å². The maximum absolute atomic E-state index is 12.3. The molecule has 7 nitrogen and oxygen atoms in total. The van der Waals surface area contributed by atoms with E-state index < -0.39 is 11.3 Å². The molecular formula is C22H27N3O4. The molecule has 7 heteroatoms. The molecule has 0 radical (unpaired) electrons. The van der Waals surface area contributed by atoms with Gasteiger partial charge in [-0.05, 0) is 37.1 Å². The first kappa shape index (κ1) is 20.8. The third kappa shape index (κ3) is 5.10. The highest BCUT2D eigenvalue weighted by Gasteiger charge is 2.33. The fourth-order valence-corrected chi connectivity index (χ4v) is 3.45. The Bertz CT molecular complexity index is 906. The number of carbonyl (C=O) groups is 3. The Labute approximate surface area is 170 Å². The minimum Gasteiger partial charge on any atom is -0.455 e. The molecule has 0 atom stereocenters. The lowest BCUT2D eigenvalue weighted by Crippen LogP contribution is -2.45. The van der Waals surface area contributed by atoms with Gasteiger partial charge in [-0.2, -0.15) is 0 Å². The van der Waals surface area contributed by atoms with Crippen LogP contribution in [0.2, 0.25) is 0 Å². The van der Waals surface area contributed by atoms with Gasteiger partial charge in [0.05, 0.1) is 17.1 Å². The van der Waals surface area contributed by atoms with Crippen LogP contribution in [0.15, 0.2) is 36.5 Å². The smallest absolute Gasteiger partial charge is 0.309 e. The molecule has 0 unspecified atom stereocenters. The summed E-state index contributed by atoms with van der Waals surface area (Å²) in [5.41, 5.74) is 0.979. The van der Waals surface area contributed by atoms with E-state index in [0.29, 0.717) is 31.6 Å². The van der Waals surface area contributed by atoms with Crippen LogP contribution in [0.3, 0.4) is 0 Å². The first-order valence-corrected chi connectivity index (χ1v) is 9.85. The van der Waals surface area contributed by atoms with Crippen molar-refractivity contribution in [3.8, 4) is 0 Å². The predicted molar refractivity (Wildman–Crippen MR) is 110 cm³/mol. The Balaban J connectivity index is 1.48. The molecule has 1 N–H and O–H groups in total. The van der Waals surface area contributed by atoms with Gasteiger partial charge in [0.15, 0.2) is 6.61 Å². The SMILES string of the molecule is CC(C)(C)C(=O)N1CCC(C(=O)OCC(=O)Nc2cccc3ncccc23)CC1. The monoisotopic (exact) mass is 397 g/mol. The molecule has 2 heterocycles. The second-order valence-corrected chi connectivity index (χ2v) is 8.35. The molecule has 0 bridgehead atoms. The minimum atomic E-state index is -0.428. The van der Waals surface area contributed by atoms with Crippen molar-refractivity contribution >= 4 is 34.4 Å². The summed E-state index contributed by atoms with van der Waals surface area (Å²) in [7, 11) is 0. The molecule has 2 aromatic rings. The van der Waals surface area contributed by atoms with Gasteiger partial charge in [0, 0.05) is 30.1 Å². The number of pyridine rings is 1. The number of likely N-dealkylation sites (tertiary alicyclic amines) is 1. The molecule has 1 aromatic carbocycles. The van der Waals surface area contributed by atoms with Gasteiger partial charge in [-0.25, -0.2) is 0 Å². The minimum absolute atomic E-state index is 0.0910. The lowest BCUT2D eigenvalue weighted by molar-refractivity contribution is -0.155. The van der Waals surface area contributed by atoms with Gasteiger partial charge >= 0.3 is 5.97 Å². The van der Waals surface area contributed by atoms with Crippen LogP contribution in [0, 0.1) is 11.3 Å². The molecule has 0 spiro atoms. The molecule has 29 heavy (non-hydrogen) atoms. The molecule has 0 aliphatic carbocycles. The number of hydrogen-bond donors (Lipinski definition) is 1. The molecule has 3 rings (SSSR count). The highest BCUT2D eigenvalue weighted by atomic mass is 16.5. The summed E-state index contributed by atoms with van der Waals surface area (Å²) in [4.78, 5) is 42.9. The van der Waals surface area contributed by atoms with Gasteiger partial charge in [0.25, 0.3) is 5.91 Å². The van der Waals surface area contributed by atoms with E-state index >= 15 is 0 Å². The third-order valence-corrected chi connectivity index (χ3v) is 5.02. The van der Waals surface area contributed by atoms with Crippen molar-refractivity contribution in [3.63, 3.8) is 0 Å². The van der Waals surface area contributed by atoms with Gasteiger partial charge in [0.1, 0.15) is 0 Å². The van der Waals surface area contributed by atoms with Crippen LogP contribution in [-0.2, 0) is 19.1 Å². The topological polar surface area (TPSA) is 88.6 Å². The zero-order valence-corrected chi connectivity index (χ0v) is 17.1. The second kappa shape index (κ2) is 8.59. The molecule has 1 saturated heterocycles. The van der Waals surface area contributed by atoms with Crippen LogP contribution >= 0.6 is 0 Å². The van der Waals surface area contributed by atoms with E-state index in [-0.39, 0.29) is 24.4 Å². The van der Waals surface area contributed by atoms with Crippen molar-refractivity contribution < 1.29 is 19.1 Å². The number of piperidine rings is 1. The summed E-state index contributed by atoms with van der Waals surface area (Å²) in [6.45, 7) is 6.40. The van der Waals surface area contributed by atoms with Crippen molar-refractivity contribution in [1.29, 1.82) is 0 Å². The number of nitrogens with one attached hydrogen (secondary N) is 1. The quantitative estimate of drug-likeness (QED) is 0.801. The number of anilines is 1. The Kier molecular flexibility index (Phi) is 6.15. The molecule has 1 aliphatic heterocycles. The van der Waals surface area contributed by atoms with Gasteiger partial charge in [-0.3, -0.25) is 19.4 Å². The first-order chi connectivity index (χ1) is 13.8. The highest BCUT2D eigenvalue weighted by molar-refractivity contribution is 6.01. The Hall–Kier alpha value is -2.96. The molecular weight excluding hydrogens is 370 g/mol. The number of amides is 2. The molecule has 1 fully saturated rings. The van der Waals surface area contributed by atoms with Crippen LogP contribution < -0.4 is 5.32 Å². The fourth-order valence-electron chi connectivity index (χ4n) is 3.45. The molecule has 0 saturated carbocycles. The van der Waals surface area contributed by atoms with E-state index in [1.807, 2.05) is 39.0 Å². The number of benzene rings is 1. The number of hydrogen-bond acceptors (Lipinski definition) is 5. The zero-order chi connectivity index (χ0) is 21.0. The number of nitrogens with zero attached hydrogens (tertiary/aromatic N) is 2. The van der Waals surface area contributed by atoms with Gasteiger partial charge < -0.3 is 15.0 Å². The van der Waals surface area contributed by atoms with Crippen LogP contribution in [-0.4, -0.2) is 47.4 Å². The third-order valence-electron chi connectivity index (χ3n) is 5.02. The average molecular weight is 397 g/mol. The van der Waals surface area contributed by atoms with Crippen molar-refractivity contribution in [2.45, 2.75) is 33.6 Å². The van der Waals surface area contributed by atoms with Crippen LogP contribution in [0.5, 0.6) is 0 Å². The lowest BCUT2D eigenvalue weighted by atomic mass is 9.91. The van der Waals surface area contributed by atoms with Gasteiger partial charge in [0.2, 0.25) is 5.91 Å². The summed E-state index contributed by atoms with van der Waals surface area (Å²) in [5.74, 6) is -0.973. The summed E-state index contributed by atoms with van der Waals surface area (Å²) in [5, 5.41) is 3.60. The molecule has 2 amide bonds. The maximum Gasteiger partial charge on any atom is 0.309 e. The standard InChI is InChI=1S/C22H27N3O4/c1-22(2,3)21(28)25-12-9-15(10-13-25)20(27)29-14-19(26)24-18-8-4-7-17-16(18)6-5-11-23-17/h4-8,11,15H,9-10,12-14H2,1-3H3,(H,24,26). The summed E-state index contributed by atoms with van der Waals surface area (Å²) in [6.07, 6.45) is 2.80. The largest absolute Gasteiger partial charge is 0.455 e. The summed E-state index contributed by atoms with van der Waals surface area (Å²) < 4.78 is 5.22. The van der Waals surface area contributed by atoms with Crippen LogP contribution in [0.25, 0.3) is 10.9 Å². The Morgan fingerprint density at radius 3 is 2.55 bits per heavy atom. The number of rotatable bonds is 4. The van der Waals surface area contributed by atoms with Gasteiger partial charge in [-0.1, -0.05) is 26.8 Å². The average Bonchev–Trinajstić information content (AvgIpc) is 2.71. The van der Waals surface area contributed by atoms with E-state index in [1.54, 1.807) is 23.2 Å². The summed E-state index contributed by atoms with van der Waals surface area (Å²) in [6, 6.07) is 9.13. The first-order valence-electron chi connectivity index (χ1n) is 9.85. The number of carbonyl (C=O) groups excluding carboxylic acids is 3. The highest BCUT2D eigenvalue weighted by Crippen LogP contribution is 2.24. The Morgan fingerprint density at radius 1 is 1.14 bits per heavy atom. The molecule has 154 valence electrons. The van der Waals surface area contributed by atoms with Crippen molar-refractivity contribution in [2.75, 3.05) is 25.0 Å². The molecule has 1 aliphatic rings. The van der Waals surface area contributed by atoms with E-state index in [9.17, 15) is 14.4 Å². The fraction of sp³-hybridized carbons (Fsp3) is 0.455. The van der Waals surface area contributed by atoms with Gasteiger partial charge in [-0.15, -0.1) is 0 Å². The van der Waals surface area contributed by atoms with Crippen molar-refractivity contribution in [3.05, 3.63) is 36.5 Å². The van der Waals surface area contributed by atoms with Crippen molar-refractivity contribution in [1.82, 2.24) is 9.88 Å². The molecule has 1 aromatic heterocycles. The second-order valence-electron chi connectivity index (χ2n) is 8.35. The number of esters is 1.